The largest absolute Gasteiger partial charge is 0.399 e. The fourth-order valence-electron chi connectivity index (χ4n) is 2.06. The lowest BCUT2D eigenvalue weighted by molar-refractivity contribution is 0.102. The summed E-state index contributed by atoms with van der Waals surface area (Å²) < 4.78 is 0. The smallest absolute Gasteiger partial charge is 0.255 e. The standard InChI is InChI=1S/C15H14Cl2N2O/c1-8-3-13(18)4-9(2)14(8)19-15(20)10-5-11(16)7-12(17)6-10/h3-7H,18H2,1-2H3,(H,19,20). The Morgan fingerprint density at radius 2 is 1.50 bits per heavy atom. The predicted molar refractivity (Wildman–Crippen MR) is 84.7 cm³/mol. The number of carbonyl (C=O) groups excluding carboxylic acids is 1. The van der Waals surface area contributed by atoms with Crippen molar-refractivity contribution < 1.29 is 4.79 Å². The van der Waals surface area contributed by atoms with Crippen molar-refractivity contribution in [3.05, 3.63) is 57.1 Å². The van der Waals surface area contributed by atoms with Crippen molar-refractivity contribution in [2.75, 3.05) is 11.1 Å². The average Bonchev–Trinajstić information content (AvgIpc) is 2.32. The number of rotatable bonds is 2. The van der Waals surface area contributed by atoms with Gasteiger partial charge in [0, 0.05) is 27.0 Å². The zero-order valence-electron chi connectivity index (χ0n) is 11.1. The molecule has 0 saturated carbocycles. The summed E-state index contributed by atoms with van der Waals surface area (Å²) in [6.45, 7) is 3.79. The second-order valence-electron chi connectivity index (χ2n) is 4.64. The molecule has 0 aliphatic rings. The first-order chi connectivity index (χ1) is 9.36. The van der Waals surface area contributed by atoms with E-state index in [1.54, 1.807) is 18.2 Å². The van der Waals surface area contributed by atoms with Crippen molar-refractivity contribution in [3.63, 3.8) is 0 Å². The van der Waals surface area contributed by atoms with E-state index in [1.807, 2.05) is 26.0 Å². The molecule has 0 aliphatic carbocycles. The van der Waals surface area contributed by atoms with Crippen LogP contribution < -0.4 is 11.1 Å². The zero-order valence-corrected chi connectivity index (χ0v) is 12.6. The van der Waals surface area contributed by atoms with Crippen LogP contribution in [0.2, 0.25) is 10.0 Å². The lowest BCUT2D eigenvalue weighted by Gasteiger charge is -2.13. The summed E-state index contributed by atoms with van der Waals surface area (Å²) in [6.07, 6.45) is 0. The predicted octanol–water partition coefficient (Wildman–Crippen LogP) is 4.44. The van der Waals surface area contributed by atoms with Gasteiger partial charge in [-0.2, -0.15) is 0 Å². The van der Waals surface area contributed by atoms with E-state index in [2.05, 4.69) is 5.32 Å². The van der Waals surface area contributed by atoms with Gasteiger partial charge in [0.05, 0.1) is 0 Å². The maximum atomic E-state index is 12.2. The number of anilines is 2. The number of hydrogen-bond acceptors (Lipinski definition) is 2. The Labute approximate surface area is 127 Å². The molecule has 3 N–H and O–H groups in total. The van der Waals surface area contributed by atoms with E-state index < -0.39 is 0 Å². The molecule has 0 aliphatic heterocycles. The van der Waals surface area contributed by atoms with Crippen LogP contribution in [-0.2, 0) is 0 Å². The van der Waals surface area contributed by atoms with Crippen molar-refractivity contribution in [2.24, 2.45) is 0 Å². The van der Waals surface area contributed by atoms with E-state index in [1.165, 1.54) is 0 Å². The van der Waals surface area contributed by atoms with Crippen LogP contribution in [0.25, 0.3) is 0 Å². The Kier molecular flexibility index (Phi) is 4.21. The first-order valence-electron chi connectivity index (χ1n) is 6.01. The van der Waals surface area contributed by atoms with Crippen LogP contribution in [0.4, 0.5) is 11.4 Å². The van der Waals surface area contributed by atoms with Crippen LogP contribution >= 0.6 is 23.2 Å². The summed E-state index contributed by atoms with van der Waals surface area (Å²) in [7, 11) is 0. The molecular formula is C15H14Cl2N2O. The topological polar surface area (TPSA) is 55.1 Å². The van der Waals surface area contributed by atoms with Gasteiger partial charge in [0.2, 0.25) is 0 Å². The Hall–Kier alpha value is -1.71. The third kappa shape index (κ3) is 3.24. The summed E-state index contributed by atoms with van der Waals surface area (Å²) in [5, 5.41) is 3.71. The highest BCUT2D eigenvalue weighted by Gasteiger charge is 2.11. The van der Waals surface area contributed by atoms with Gasteiger partial charge in [-0.25, -0.2) is 0 Å². The summed E-state index contributed by atoms with van der Waals surface area (Å²) in [5.41, 5.74) is 9.41. The Morgan fingerprint density at radius 3 is 2.00 bits per heavy atom. The molecule has 0 aromatic heterocycles. The molecule has 2 aromatic carbocycles. The quantitative estimate of drug-likeness (QED) is 0.806. The molecule has 3 nitrogen and oxygen atoms in total. The SMILES string of the molecule is Cc1cc(N)cc(C)c1NC(=O)c1cc(Cl)cc(Cl)c1. The van der Waals surface area contributed by atoms with Crippen molar-refractivity contribution in [1.82, 2.24) is 0 Å². The van der Waals surface area contributed by atoms with E-state index >= 15 is 0 Å². The number of carbonyl (C=O) groups is 1. The van der Waals surface area contributed by atoms with Gasteiger partial charge < -0.3 is 11.1 Å². The molecule has 1 amide bonds. The molecule has 0 heterocycles. The molecular weight excluding hydrogens is 295 g/mol. The van der Waals surface area contributed by atoms with Crippen LogP contribution in [0.3, 0.4) is 0 Å². The Balaban J connectivity index is 2.32. The van der Waals surface area contributed by atoms with Crippen LogP contribution in [0.5, 0.6) is 0 Å². The zero-order chi connectivity index (χ0) is 14.9. The fourth-order valence-corrected chi connectivity index (χ4v) is 2.59. The normalized spacial score (nSPS) is 10.4. The van der Waals surface area contributed by atoms with Crippen molar-refractivity contribution in [1.29, 1.82) is 0 Å². The lowest BCUT2D eigenvalue weighted by Crippen LogP contribution is -2.14. The second kappa shape index (κ2) is 5.73. The monoisotopic (exact) mass is 308 g/mol. The molecule has 2 aromatic rings. The highest BCUT2D eigenvalue weighted by atomic mass is 35.5. The molecule has 0 fully saturated rings. The summed E-state index contributed by atoms with van der Waals surface area (Å²) in [5.74, 6) is -0.259. The highest BCUT2D eigenvalue weighted by Crippen LogP contribution is 2.25. The van der Waals surface area contributed by atoms with Crippen LogP contribution in [0, 0.1) is 13.8 Å². The van der Waals surface area contributed by atoms with Crippen LogP contribution in [-0.4, -0.2) is 5.91 Å². The average molecular weight is 309 g/mol. The molecule has 0 spiro atoms. The molecule has 0 saturated heterocycles. The molecule has 0 unspecified atom stereocenters. The number of halogens is 2. The fraction of sp³-hybridized carbons (Fsp3) is 0.133. The van der Waals surface area contributed by atoms with Gasteiger partial charge in [-0.15, -0.1) is 0 Å². The second-order valence-corrected chi connectivity index (χ2v) is 5.51. The molecule has 0 bridgehead atoms. The lowest BCUT2D eigenvalue weighted by atomic mass is 10.1. The van der Waals surface area contributed by atoms with Gasteiger partial charge in [0.1, 0.15) is 0 Å². The van der Waals surface area contributed by atoms with Crippen LogP contribution in [0.15, 0.2) is 30.3 Å². The molecule has 0 atom stereocenters. The number of aryl methyl sites for hydroxylation is 2. The van der Waals surface area contributed by atoms with Gasteiger partial charge in [-0.3, -0.25) is 4.79 Å². The minimum Gasteiger partial charge on any atom is -0.399 e. The van der Waals surface area contributed by atoms with Gasteiger partial charge in [0.15, 0.2) is 0 Å². The van der Waals surface area contributed by atoms with E-state index in [0.717, 1.165) is 16.8 Å². The summed E-state index contributed by atoms with van der Waals surface area (Å²) in [4.78, 5) is 12.2. The summed E-state index contributed by atoms with van der Waals surface area (Å²) >= 11 is 11.8. The molecule has 0 radical (unpaired) electrons. The summed E-state index contributed by atoms with van der Waals surface area (Å²) in [6, 6.07) is 8.36. The van der Waals surface area contributed by atoms with Crippen molar-refractivity contribution >= 4 is 40.5 Å². The minimum absolute atomic E-state index is 0.259. The molecule has 2 rings (SSSR count). The van der Waals surface area contributed by atoms with E-state index in [4.69, 9.17) is 28.9 Å². The molecule has 5 heteroatoms. The number of nitrogen functional groups attached to an aromatic ring is 1. The maximum Gasteiger partial charge on any atom is 0.255 e. The number of benzene rings is 2. The number of nitrogens with two attached hydrogens (primary N) is 1. The van der Waals surface area contributed by atoms with E-state index in [0.29, 0.717) is 21.3 Å². The third-order valence-corrected chi connectivity index (χ3v) is 3.35. The van der Waals surface area contributed by atoms with Gasteiger partial charge in [-0.05, 0) is 55.3 Å². The van der Waals surface area contributed by atoms with Gasteiger partial charge in [0.25, 0.3) is 5.91 Å². The number of nitrogens with one attached hydrogen (secondary N) is 1. The number of amides is 1. The number of hydrogen-bond donors (Lipinski definition) is 2. The first-order valence-corrected chi connectivity index (χ1v) is 6.76. The van der Waals surface area contributed by atoms with E-state index in [-0.39, 0.29) is 5.91 Å². The first kappa shape index (κ1) is 14.7. The van der Waals surface area contributed by atoms with Crippen molar-refractivity contribution in [3.8, 4) is 0 Å². The van der Waals surface area contributed by atoms with Gasteiger partial charge in [-0.1, -0.05) is 23.2 Å². The molecule has 20 heavy (non-hydrogen) atoms. The third-order valence-electron chi connectivity index (χ3n) is 2.92. The van der Waals surface area contributed by atoms with E-state index in [9.17, 15) is 4.79 Å². The Morgan fingerprint density at radius 1 is 1.00 bits per heavy atom. The van der Waals surface area contributed by atoms with Crippen LogP contribution in [0.1, 0.15) is 21.5 Å². The highest BCUT2D eigenvalue weighted by molar-refractivity contribution is 6.35. The minimum atomic E-state index is -0.259. The maximum absolute atomic E-state index is 12.2. The van der Waals surface area contributed by atoms with Gasteiger partial charge >= 0.3 is 0 Å². The van der Waals surface area contributed by atoms with Crippen molar-refractivity contribution in [2.45, 2.75) is 13.8 Å². The Bertz CT molecular complexity index is 640. The molecule has 104 valence electrons.